The molecule has 2 atom stereocenters. The molecule has 8 heteroatoms. The largest absolute Gasteiger partial charge is 0.496 e. The molecule has 1 amide bonds. The Labute approximate surface area is 206 Å². The van der Waals surface area contributed by atoms with Gasteiger partial charge in [0.05, 0.1) is 18.0 Å². The van der Waals surface area contributed by atoms with Crippen LogP contribution >= 0.6 is 11.8 Å². The molecule has 6 nitrogen and oxygen atoms in total. The van der Waals surface area contributed by atoms with Crippen molar-refractivity contribution in [2.24, 2.45) is 0 Å². The Hall–Kier alpha value is -2.81. The van der Waals surface area contributed by atoms with Crippen molar-refractivity contribution in [3.63, 3.8) is 0 Å². The van der Waals surface area contributed by atoms with Gasteiger partial charge in [-0.15, -0.1) is 11.8 Å². The molecule has 0 aliphatic carbocycles. The van der Waals surface area contributed by atoms with Gasteiger partial charge in [-0.1, -0.05) is 42.5 Å². The van der Waals surface area contributed by atoms with Crippen molar-refractivity contribution in [1.29, 1.82) is 0 Å². The highest BCUT2D eigenvalue weighted by molar-refractivity contribution is 7.98. The predicted molar refractivity (Wildman–Crippen MR) is 137 cm³/mol. The Bertz CT molecular complexity index is 1210. The van der Waals surface area contributed by atoms with Crippen molar-refractivity contribution in [1.82, 2.24) is 10.0 Å². The summed E-state index contributed by atoms with van der Waals surface area (Å²) in [6.07, 6.45) is 2.23. The van der Waals surface area contributed by atoms with E-state index in [4.69, 9.17) is 4.74 Å². The van der Waals surface area contributed by atoms with E-state index in [0.29, 0.717) is 11.3 Å². The summed E-state index contributed by atoms with van der Waals surface area (Å²) in [6.45, 7) is 3.66. The van der Waals surface area contributed by atoms with Gasteiger partial charge in [0.25, 0.3) is 0 Å². The van der Waals surface area contributed by atoms with E-state index < -0.39 is 16.1 Å². The molecule has 180 valence electrons. The number of amides is 1. The van der Waals surface area contributed by atoms with Crippen LogP contribution in [0.3, 0.4) is 0 Å². The van der Waals surface area contributed by atoms with Crippen molar-refractivity contribution < 1.29 is 17.9 Å². The van der Waals surface area contributed by atoms with Gasteiger partial charge in [-0.25, -0.2) is 8.42 Å². The zero-order valence-electron chi connectivity index (χ0n) is 19.7. The van der Waals surface area contributed by atoms with Crippen LogP contribution in [-0.2, 0) is 21.2 Å². The van der Waals surface area contributed by atoms with Crippen LogP contribution in [0.2, 0.25) is 0 Å². The lowest BCUT2D eigenvalue weighted by Gasteiger charge is -2.22. The zero-order chi connectivity index (χ0) is 24.7. The Morgan fingerprint density at radius 1 is 1.03 bits per heavy atom. The van der Waals surface area contributed by atoms with E-state index >= 15 is 0 Å². The lowest BCUT2D eigenvalue weighted by molar-refractivity contribution is -0.123. The fourth-order valence-corrected chi connectivity index (χ4v) is 5.29. The summed E-state index contributed by atoms with van der Waals surface area (Å²) < 4.78 is 34.2. The molecule has 0 aliphatic heterocycles. The quantitative estimate of drug-likeness (QED) is 0.402. The number of hydrogen-bond acceptors (Lipinski definition) is 5. The summed E-state index contributed by atoms with van der Waals surface area (Å²) in [4.78, 5) is 14.5. The number of thioether (sulfide) groups is 1. The summed E-state index contributed by atoms with van der Waals surface area (Å²) in [5.74, 6) is 0.206. The number of carbonyl (C=O) groups excluding carboxylic acids is 1. The molecule has 0 spiro atoms. The molecule has 0 unspecified atom stereocenters. The summed E-state index contributed by atoms with van der Waals surface area (Å²) >= 11 is 1.64. The number of aryl methyl sites for hydroxylation is 1. The maximum atomic E-state index is 13.3. The van der Waals surface area contributed by atoms with Gasteiger partial charge in [0, 0.05) is 4.90 Å². The van der Waals surface area contributed by atoms with Gasteiger partial charge in [-0.2, -0.15) is 4.72 Å². The van der Waals surface area contributed by atoms with E-state index in [1.54, 1.807) is 24.8 Å². The highest BCUT2D eigenvalue weighted by Crippen LogP contribution is 2.22. The molecule has 0 fully saturated rings. The van der Waals surface area contributed by atoms with E-state index in [-0.39, 0.29) is 23.3 Å². The number of sulfonamides is 1. The van der Waals surface area contributed by atoms with Gasteiger partial charge < -0.3 is 10.1 Å². The molecule has 0 aliphatic rings. The molecule has 0 radical (unpaired) electrons. The third kappa shape index (κ3) is 6.62. The minimum Gasteiger partial charge on any atom is -0.496 e. The monoisotopic (exact) mass is 498 g/mol. The van der Waals surface area contributed by atoms with E-state index in [0.717, 1.165) is 16.0 Å². The van der Waals surface area contributed by atoms with Crippen LogP contribution < -0.4 is 14.8 Å². The number of carbonyl (C=O) groups is 1. The van der Waals surface area contributed by atoms with Crippen molar-refractivity contribution in [2.45, 2.75) is 42.1 Å². The van der Waals surface area contributed by atoms with Crippen LogP contribution in [-0.4, -0.2) is 33.7 Å². The zero-order valence-corrected chi connectivity index (χ0v) is 21.4. The van der Waals surface area contributed by atoms with E-state index in [2.05, 4.69) is 10.0 Å². The second-order valence-electron chi connectivity index (χ2n) is 8.00. The summed E-state index contributed by atoms with van der Waals surface area (Å²) in [5, 5.41) is 2.96. The molecule has 3 rings (SSSR count). The standard InChI is InChI=1S/C26H30N2O4S2/c1-18-16-23(14-15-25(18)32-3)34(30,31)28-24(17-20-8-6-5-7-9-20)26(29)27-19(2)21-10-12-22(33-4)13-11-21/h5-16,19,24,28H,17H2,1-4H3,(H,27,29)/t19-,24+/m0/s1. The minimum atomic E-state index is -3.95. The van der Waals surface area contributed by atoms with Gasteiger partial charge >= 0.3 is 0 Å². The predicted octanol–water partition coefficient (Wildman–Crippen LogP) is 4.49. The van der Waals surface area contributed by atoms with Crippen LogP contribution in [0.5, 0.6) is 5.75 Å². The SMILES string of the molecule is COc1ccc(S(=O)(=O)N[C@H](Cc2ccccc2)C(=O)N[C@@H](C)c2ccc(SC)cc2)cc1C. The van der Waals surface area contributed by atoms with Gasteiger partial charge in [0.15, 0.2) is 0 Å². The van der Waals surface area contributed by atoms with Crippen molar-refractivity contribution in [3.05, 3.63) is 89.5 Å². The molecule has 0 bridgehead atoms. The molecular weight excluding hydrogens is 468 g/mol. The molecule has 0 saturated heterocycles. The highest BCUT2D eigenvalue weighted by Gasteiger charge is 2.27. The Balaban J connectivity index is 1.83. The first-order chi connectivity index (χ1) is 16.2. The minimum absolute atomic E-state index is 0.0809. The molecule has 34 heavy (non-hydrogen) atoms. The van der Waals surface area contributed by atoms with E-state index in [1.165, 1.54) is 19.2 Å². The molecule has 0 heterocycles. The van der Waals surface area contributed by atoms with Crippen LogP contribution in [0.4, 0.5) is 0 Å². The highest BCUT2D eigenvalue weighted by atomic mass is 32.2. The molecule has 3 aromatic carbocycles. The number of hydrogen-bond donors (Lipinski definition) is 2. The number of nitrogens with one attached hydrogen (secondary N) is 2. The van der Waals surface area contributed by atoms with Gasteiger partial charge in [-0.05, 0) is 73.5 Å². The van der Waals surface area contributed by atoms with Crippen LogP contribution in [0.1, 0.15) is 29.7 Å². The number of benzene rings is 3. The summed E-state index contributed by atoms with van der Waals surface area (Å²) in [5.41, 5.74) is 2.49. The first kappa shape index (κ1) is 25.8. The third-order valence-electron chi connectivity index (χ3n) is 5.55. The first-order valence-electron chi connectivity index (χ1n) is 10.9. The lowest BCUT2D eigenvalue weighted by atomic mass is 10.0. The van der Waals surface area contributed by atoms with Crippen LogP contribution in [0, 0.1) is 6.92 Å². The maximum Gasteiger partial charge on any atom is 0.241 e. The average molecular weight is 499 g/mol. The van der Waals surface area contributed by atoms with E-state index in [1.807, 2.05) is 67.8 Å². The fourth-order valence-electron chi connectivity index (χ4n) is 3.60. The van der Waals surface area contributed by atoms with Gasteiger partial charge in [-0.3, -0.25) is 4.79 Å². The van der Waals surface area contributed by atoms with Gasteiger partial charge in [0.2, 0.25) is 15.9 Å². The fraction of sp³-hybridized carbons (Fsp3) is 0.269. The number of ether oxygens (including phenoxy) is 1. The molecule has 3 aromatic rings. The summed E-state index contributed by atoms with van der Waals surface area (Å²) in [7, 11) is -2.42. The second-order valence-corrected chi connectivity index (χ2v) is 10.6. The van der Waals surface area contributed by atoms with Crippen LogP contribution in [0.15, 0.2) is 82.6 Å². The van der Waals surface area contributed by atoms with Gasteiger partial charge in [0.1, 0.15) is 11.8 Å². The average Bonchev–Trinajstić information content (AvgIpc) is 2.84. The number of rotatable bonds is 10. The van der Waals surface area contributed by atoms with Crippen molar-refractivity contribution >= 4 is 27.7 Å². The van der Waals surface area contributed by atoms with Crippen molar-refractivity contribution in [3.8, 4) is 5.75 Å². The van der Waals surface area contributed by atoms with E-state index in [9.17, 15) is 13.2 Å². The smallest absolute Gasteiger partial charge is 0.241 e. The molecular formula is C26H30N2O4S2. The molecule has 0 aromatic heterocycles. The molecule has 0 saturated carbocycles. The summed E-state index contributed by atoms with van der Waals surface area (Å²) in [6, 6.07) is 20.6. The van der Waals surface area contributed by atoms with Crippen LogP contribution in [0.25, 0.3) is 0 Å². The maximum absolute atomic E-state index is 13.3. The Morgan fingerprint density at radius 2 is 1.71 bits per heavy atom. The first-order valence-corrected chi connectivity index (χ1v) is 13.6. The Kier molecular flexibility index (Phi) is 8.77. The third-order valence-corrected chi connectivity index (χ3v) is 7.76. The topological polar surface area (TPSA) is 84.5 Å². The Morgan fingerprint density at radius 3 is 2.29 bits per heavy atom. The molecule has 2 N–H and O–H groups in total. The second kappa shape index (κ2) is 11.6. The number of methoxy groups -OCH3 is 1. The normalized spacial score (nSPS) is 13.2. The lowest BCUT2D eigenvalue weighted by Crippen LogP contribution is -2.48. The van der Waals surface area contributed by atoms with Crippen molar-refractivity contribution in [2.75, 3.05) is 13.4 Å².